The summed E-state index contributed by atoms with van der Waals surface area (Å²) in [6.45, 7) is 5.26. The van der Waals surface area contributed by atoms with E-state index in [0.29, 0.717) is 25.4 Å². The molecule has 1 unspecified atom stereocenters. The topological polar surface area (TPSA) is 63.6 Å². The highest BCUT2D eigenvalue weighted by molar-refractivity contribution is 6.03. The second-order valence-electron chi connectivity index (χ2n) is 9.73. The molecule has 0 radical (unpaired) electrons. The summed E-state index contributed by atoms with van der Waals surface area (Å²) in [4.78, 5) is 29.4. The first-order valence-electron chi connectivity index (χ1n) is 12.4. The molecule has 0 spiro atoms. The molecule has 1 aliphatic heterocycles. The molecule has 0 bridgehead atoms. The molecule has 1 saturated carbocycles. The molecule has 2 amide bonds. The first-order chi connectivity index (χ1) is 16.5. The van der Waals surface area contributed by atoms with Crippen molar-refractivity contribution in [3.63, 3.8) is 0 Å². The lowest BCUT2D eigenvalue weighted by Crippen LogP contribution is -2.64. The lowest BCUT2D eigenvalue weighted by molar-refractivity contribution is -0.134. The number of rotatable bonds is 6. The molecule has 0 saturated heterocycles. The van der Waals surface area contributed by atoms with Crippen molar-refractivity contribution < 1.29 is 14.3 Å². The van der Waals surface area contributed by atoms with Crippen LogP contribution >= 0.6 is 0 Å². The van der Waals surface area contributed by atoms with Crippen LogP contribution in [0.2, 0.25) is 0 Å². The SMILES string of the molecule is CCOc1ccc(CN2C(=O)c3cc4ccccc4n3CC2(C)C(=O)NC2CCCCC2)cc1. The van der Waals surface area contributed by atoms with Gasteiger partial charge in [-0.25, -0.2) is 0 Å². The number of hydrogen-bond donors (Lipinski definition) is 1. The number of para-hydroxylation sites is 1. The average molecular weight is 460 g/mol. The molecule has 178 valence electrons. The number of benzene rings is 2. The van der Waals surface area contributed by atoms with Crippen molar-refractivity contribution in [2.45, 2.75) is 70.6 Å². The number of fused-ring (bicyclic) bond motifs is 3. The molecular weight excluding hydrogens is 426 g/mol. The number of nitrogens with zero attached hydrogens (tertiary/aromatic N) is 2. The van der Waals surface area contributed by atoms with E-state index in [9.17, 15) is 9.59 Å². The highest BCUT2D eigenvalue weighted by atomic mass is 16.5. The minimum Gasteiger partial charge on any atom is -0.494 e. The fourth-order valence-corrected chi connectivity index (χ4v) is 5.38. The smallest absolute Gasteiger partial charge is 0.271 e. The highest BCUT2D eigenvalue weighted by Crippen LogP contribution is 2.34. The maximum absolute atomic E-state index is 13.9. The van der Waals surface area contributed by atoms with E-state index in [1.807, 2.05) is 73.0 Å². The zero-order chi connectivity index (χ0) is 23.7. The van der Waals surface area contributed by atoms with E-state index in [4.69, 9.17) is 4.74 Å². The molecular formula is C28H33N3O3. The van der Waals surface area contributed by atoms with Crippen molar-refractivity contribution in [3.8, 4) is 5.75 Å². The van der Waals surface area contributed by atoms with Crippen LogP contribution in [0.1, 0.15) is 62.0 Å². The third-order valence-corrected chi connectivity index (χ3v) is 7.34. The minimum atomic E-state index is -0.998. The first-order valence-corrected chi connectivity index (χ1v) is 12.4. The summed E-state index contributed by atoms with van der Waals surface area (Å²) in [6.07, 6.45) is 5.52. The van der Waals surface area contributed by atoms with E-state index in [2.05, 4.69) is 5.32 Å². The van der Waals surface area contributed by atoms with Gasteiger partial charge in [0.2, 0.25) is 5.91 Å². The van der Waals surface area contributed by atoms with Crippen LogP contribution in [0.25, 0.3) is 10.9 Å². The Labute approximate surface area is 200 Å². The molecule has 6 heteroatoms. The molecule has 1 aliphatic carbocycles. The molecule has 1 aromatic heterocycles. The third kappa shape index (κ3) is 4.06. The van der Waals surface area contributed by atoms with Crippen LogP contribution in [0, 0.1) is 0 Å². The summed E-state index contributed by atoms with van der Waals surface area (Å²) < 4.78 is 7.59. The molecule has 1 N–H and O–H groups in total. The van der Waals surface area contributed by atoms with Gasteiger partial charge in [-0.3, -0.25) is 9.59 Å². The van der Waals surface area contributed by atoms with Gasteiger partial charge in [0.25, 0.3) is 5.91 Å². The first kappa shape index (κ1) is 22.5. The molecule has 3 aromatic rings. The van der Waals surface area contributed by atoms with E-state index in [-0.39, 0.29) is 17.9 Å². The Morgan fingerprint density at radius 1 is 1.09 bits per heavy atom. The molecule has 2 aliphatic rings. The van der Waals surface area contributed by atoms with Crippen LogP contribution in [-0.2, 0) is 17.9 Å². The lowest BCUT2D eigenvalue weighted by Gasteiger charge is -2.45. The fourth-order valence-electron chi connectivity index (χ4n) is 5.38. The van der Waals surface area contributed by atoms with Gasteiger partial charge in [-0.1, -0.05) is 49.6 Å². The molecule has 2 aromatic carbocycles. The van der Waals surface area contributed by atoms with E-state index < -0.39 is 5.54 Å². The number of carbonyl (C=O) groups is 2. The summed E-state index contributed by atoms with van der Waals surface area (Å²) in [7, 11) is 0. The number of amides is 2. The quantitative estimate of drug-likeness (QED) is 0.570. The predicted molar refractivity (Wildman–Crippen MR) is 133 cm³/mol. The monoisotopic (exact) mass is 459 g/mol. The zero-order valence-corrected chi connectivity index (χ0v) is 20.0. The van der Waals surface area contributed by atoms with Crippen molar-refractivity contribution in [1.82, 2.24) is 14.8 Å². The van der Waals surface area contributed by atoms with Crippen LogP contribution in [-0.4, -0.2) is 39.5 Å². The highest BCUT2D eigenvalue weighted by Gasteiger charge is 2.48. The average Bonchev–Trinajstić information content (AvgIpc) is 3.22. The molecule has 2 heterocycles. The second kappa shape index (κ2) is 9.16. The molecule has 1 fully saturated rings. The molecule has 5 rings (SSSR count). The summed E-state index contributed by atoms with van der Waals surface area (Å²) in [5.41, 5.74) is 1.60. The Hall–Kier alpha value is -3.28. The summed E-state index contributed by atoms with van der Waals surface area (Å²) in [5.74, 6) is 0.619. The Balaban J connectivity index is 1.51. The number of aromatic nitrogens is 1. The van der Waals surface area contributed by atoms with Gasteiger partial charge in [-0.15, -0.1) is 0 Å². The van der Waals surface area contributed by atoms with Gasteiger partial charge in [0.15, 0.2) is 0 Å². The van der Waals surface area contributed by atoms with Crippen LogP contribution in [0.4, 0.5) is 0 Å². The van der Waals surface area contributed by atoms with Crippen molar-refractivity contribution >= 4 is 22.7 Å². The van der Waals surface area contributed by atoms with Crippen molar-refractivity contribution in [2.24, 2.45) is 0 Å². The second-order valence-corrected chi connectivity index (χ2v) is 9.73. The van der Waals surface area contributed by atoms with Gasteiger partial charge in [0.05, 0.1) is 13.2 Å². The van der Waals surface area contributed by atoms with Crippen LogP contribution in [0.5, 0.6) is 5.75 Å². The Morgan fingerprint density at radius 2 is 1.82 bits per heavy atom. The van der Waals surface area contributed by atoms with Gasteiger partial charge < -0.3 is 19.5 Å². The minimum absolute atomic E-state index is 0.0675. The normalized spacial score (nSPS) is 20.9. The summed E-state index contributed by atoms with van der Waals surface area (Å²) >= 11 is 0. The van der Waals surface area contributed by atoms with Crippen LogP contribution in [0.3, 0.4) is 0 Å². The Morgan fingerprint density at radius 3 is 2.56 bits per heavy atom. The molecule has 1 atom stereocenters. The van der Waals surface area contributed by atoms with Gasteiger partial charge in [-0.05, 0) is 56.5 Å². The van der Waals surface area contributed by atoms with Crippen molar-refractivity contribution in [2.75, 3.05) is 6.61 Å². The van der Waals surface area contributed by atoms with Gasteiger partial charge in [0.1, 0.15) is 17.0 Å². The number of carbonyl (C=O) groups excluding carboxylic acids is 2. The third-order valence-electron chi connectivity index (χ3n) is 7.34. The Kier molecular flexibility index (Phi) is 6.07. The predicted octanol–water partition coefficient (Wildman–Crippen LogP) is 4.90. The van der Waals surface area contributed by atoms with Crippen LogP contribution in [0.15, 0.2) is 54.6 Å². The van der Waals surface area contributed by atoms with Gasteiger partial charge in [0, 0.05) is 23.5 Å². The van der Waals surface area contributed by atoms with Gasteiger partial charge >= 0.3 is 0 Å². The lowest BCUT2D eigenvalue weighted by atomic mass is 9.91. The van der Waals surface area contributed by atoms with Crippen molar-refractivity contribution in [3.05, 3.63) is 65.9 Å². The number of ether oxygens (including phenoxy) is 1. The summed E-state index contributed by atoms with van der Waals surface area (Å²) in [5, 5.41) is 4.31. The standard InChI is InChI=1S/C28H33N3O3/c1-3-34-23-15-13-20(14-16-23)18-31-26(32)25-17-21-9-7-8-12-24(21)30(25)19-28(31,2)27(33)29-22-10-5-4-6-11-22/h7-9,12-17,22H,3-6,10-11,18-19H2,1-2H3,(H,29,33). The van der Waals surface area contributed by atoms with E-state index in [0.717, 1.165) is 47.9 Å². The largest absolute Gasteiger partial charge is 0.494 e. The van der Waals surface area contributed by atoms with E-state index >= 15 is 0 Å². The molecule has 6 nitrogen and oxygen atoms in total. The van der Waals surface area contributed by atoms with E-state index in [1.165, 1.54) is 6.42 Å². The van der Waals surface area contributed by atoms with Crippen LogP contribution < -0.4 is 10.1 Å². The maximum atomic E-state index is 13.9. The van der Waals surface area contributed by atoms with E-state index in [1.54, 1.807) is 4.90 Å². The van der Waals surface area contributed by atoms with Gasteiger partial charge in [-0.2, -0.15) is 0 Å². The summed E-state index contributed by atoms with van der Waals surface area (Å²) in [6, 6.07) is 17.9. The zero-order valence-electron chi connectivity index (χ0n) is 20.0. The number of nitrogens with one attached hydrogen (secondary N) is 1. The Bertz CT molecular complexity index is 1190. The number of hydrogen-bond acceptors (Lipinski definition) is 3. The fraction of sp³-hybridized carbons (Fsp3) is 0.429. The molecule has 34 heavy (non-hydrogen) atoms. The maximum Gasteiger partial charge on any atom is 0.271 e. The van der Waals surface area contributed by atoms with Crippen molar-refractivity contribution in [1.29, 1.82) is 0 Å².